The van der Waals surface area contributed by atoms with Crippen molar-refractivity contribution in [3.63, 3.8) is 0 Å². The van der Waals surface area contributed by atoms with Crippen LogP contribution >= 0.6 is 11.3 Å². The zero-order chi connectivity index (χ0) is 10.4. The summed E-state index contributed by atoms with van der Waals surface area (Å²) in [7, 11) is 0. The molecule has 0 aromatic carbocycles. The Labute approximate surface area is 87.2 Å². The van der Waals surface area contributed by atoms with Crippen molar-refractivity contribution in [1.82, 2.24) is 9.97 Å². The van der Waals surface area contributed by atoms with Gasteiger partial charge in [0.15, 0.2) is 0 Å². The van der Waals surface area contributed by atoms with Crippen LogP contribution in [0.5, 0.6) is 0 Å². The van der Waals surface area contributed by atoms with E-state index in [-0.39, 0.29) is 11.1 Å². The van der Waals surface area contributed by atoms with Crippen molar-refractivity contribution in [3.8, 4) is 10.6 Å². The lowest BCUT2D eigenvalue weighted by atomic mass is 10.3. The molecule has 0 atom stereocenters. The van der Waals surface area contributed by atoms with Gasteiger partial charge in [0.2, 0.25) is 0 Å². The first-order valence-electron chi connectivity index (χ1n) is 4.27. The molecule has 3 heterocycles. The molecule has 0 saturated carbocycles. The maximum Gasteiger partial charge on any atom is 0.280 e. The Kier molecular flexibility index (Phi) is 1.58. The van der Waals surface area contributed by atoms with E-state index in [0.717, 1.165) is 4.88 Å². The molecule has 15 heavy (non-hydrogen) atoms. The smallest absolute Gasteiger partial charge is 0.267 e. The zero-order valence-corrected chi connectivity index (χ0v) is 8.25. The van der Waals surface area contributed by atoms with Gasteiger partial charge < -0.3 is 0 Å². The van der Waals surface area contributed by atoms with Gasteiger partial charge in [-0.2, -0.15) is 0 Å². The van der Waals surface area contributed by atoms with Crippen molar-refractivity contribution in [1.29, 1.82) is 0 Å². The largest absolute Gasteiger partial charge is 0.280 e. The molecule has 3 rings (SSSR count). The van der Waals surface area contributed by atoms with Crippen LogP contribution in [0.4, 0.5) is 0 Å². The fourth-order valence-electron chi connectivity index (χ4n) is 1.57. The Hall–Kier alpha value is -1.88. The number of hydrogen-bond acceptors (Lipinski definition) is 5. The van der Waals surface area contributed by atoms with Crippen LogP contribution in [-0.4, -0.2) is 9.97 Å². The van der Waals surface area contributed by atoms with Crippen molar-refractivity contribution >= 4 is 11.3 Å². The molecule has 0 radical (unpaired) electrons. The molecule has 72 valence electrons. The van der Waals surface area contributed by atoms with Gasteiger partial charge in [0.25, 0.3) is 11.1 Å². The van der Waals surface area contributed by atoms with Gasteiger partial charge >= 0.3 is 0 Å². The molecule has 4 nitrogen and oxygen atoms in total. The topological polar surface area (TPSA) is 59.9 Å². The second kappa shape index (κ2) is 2.80. The minimum atomic E-state index is -0.372. The summed E-state index contributed by atoms with van der Waals surface area (Å²) < 4.78 is 0. The van der Waals surface area contributed by atoms with Crippen molar-refractivity contribution < 1.29 is 0 Å². The van der Waals surface area contributed by atoms with Crippen LogP contribution in [0.1, 0.15) is 0 Å². The van der Waals surface area contributed by atoms with Gasteiger partial charge in [0.05, 0.1) is 21.0 Å². The summed E-state index contributed by atoms with van der Waals surface area (Å²) in [4.78, 5) is 31.1. The van der Waals surface area contributed by atoms with E-state index in [1.165, 1.54) is 17.5 Å². The normalized spacial score (nSPS) is 11.2. The van der Waals surface area contributed by atoms with E-state index >= 15 is 0 Å². The van der Waals surface area contributed by atoms with Crippen molar-refractivity contribution in [3.05, 3.63) is 54.9 Å². The highest BCUT2D eigenvalue weighted by Crippen LogP contribution is 2.22. The second-order valence-electron chi connectivity index (χ2n) is 3.09. The fourth-order valence-corrected chi connectivity index (χ4v) is 2.29. The number of aromatic nitrogens is 2. The maximum atomic E-state index is 11.4. The molecule has 1 aromatic rings. The monoisotopic (exact) mass is 216 g/mol. The van der Waals surface area contributed by atoms with E-state index in [4.69, 9.17) is 0 Å². The van der Waals surface area contributed by atoms with E-state index in [1.54, 1.807) is 0 Å². The van der Waals surface area contributed by atoms with Gasteiger partial charge in [-0.1, -0.05) is 6.07 Å². The number of rotatable bonds is 1. The summed E-state index contributed by atoms with van der Waals surface area (Å²) in [6.45, 7) is 0. The molecule has 0 unspecified atom stereocenters. The van der Waals surface area contributed by atoms with Gasteiger partial charge in [-0.15, -0.1) is 11.3 Å². The Bertz CT molecular complexity index is 752. The molecule has 1 aromatic heterocycles. The minimum absolute atomic E-state index is 0.323. The summed E-state index contributed by atoms with van der Waals surface area (Å²) in [6, 6.07) is 3.68. The van der Waals surface area contributed by atoms with E-state index < -0.39 is 0 Å². The van der Waals surface area contributed by atoms with Crippen molar-refractivity contribution in [2.24, 2.45) is 0 Å². The van der Waals surface area contributed by atoms with E-state index in [1.807, 2.05) is 17.5 Å². The van der Waals surface area contributed by atoms with Gasteiger partial charge in [-0.3, -0.25) is 9.59 Å². The molecule has 0 N–H and O–H groups in total. The predicted octanol–water partition coefficient (Wildman–Crippen LogP) is 0.526. The van der Waals surface area contributed by atoms with Gasteiger partial charge in [0.1, 0.15) is 0 Å². The Morgan fingerprint density at radius 3 is 2.80 bits per heavy atom. The van der Waals surface area contributed by atoms with E-state index in [0.29, 0.717) is 16.1 Å². The highest BCUT2D eigenvalue weighted by Gasteiger charge is 2.13. The van der Waals surface area contributed by atoms with Crippen LogP contribution in [0.15, 0.2) is 33.3 Å². The molecule has 0 bridgehead atoms. The number of hydrogen-bond donors (Lipinski definition) is 0. The van der Waals surface area contributed by atoms with Crippen molar-refractivity contribution in [2.75, 3.05) is 0 Å². The molecule has 0 spiro atoms. The zero-order valence-electron chi connectivity index (χ0n) is 7.43. The van der Waals surface area contributed by atoms with Crippen LogP contribution in [0.25, 0.3) is 10.6 Å². The fraction of sp³-hybridized carbons (Fsp3) is 0. The predicted molar refractivity (Wildman–Crippen MR) is 55.6 cm³/mol. The van der Waals surface area contributed by atoms with E-state index in [2.05, 4.69) is 9.97 Å². The Morgan fingerprint density at radius 1 is 1.20 bits per heavy atom. The third-order valence-electron chi connectivity index (χ3n) is 2.23. The Morgan fingerprint density at radius 2 is 2.07 bits per heavy atom. The molecule has 5 heteroatoms. The molecular formula is C10H4N2O2S. The lowest BCUT2D eigenvalue weighted by molar-refractivity contribution is 1.23. The molecule has 0 amide bonds. The molecule has 0 saturated heterocycles. The molecular weight excluding hydrogens is 212 g/mol. The molecule has 2 aliphatic heterocycles. The second-order valence-corrected chi connectivity index (χ2v) is 4.04. The lowest BCUT2D eigenvalue weighted by Crippen LogP contribution is -2.01. The Balaban J connectivity index is 2.55. The highest BCUT2D eigenvalue weighted by atomic mass is 32.1. The average Bonchev–Trinajstić information content (AvgIpc) is 2.86. The molecule has 0 aliphatic carbocycles. The summed E-state index contributed by atoms with van der Waals surface area (Å²) >= 11 is 1.45. The van der Waals surface area contributed by atoms with E-state index in [9.17, 15) is 9.59 Å². The maximum absolute atomic E-state index is 11.4. The number of thiophene rings is 1. The van der Waals surface area contributed by atoms with Gasteiger partial charge in [0, 0.05) is 6.20 Å². The summed E-state index contributed by atoms with van der Waals surface area (Å²) in [5, 5.41) is 2.55. The van der Waals surface area contributed by atoms with Crippen molar-refractivity contribution in [2.45, 2.75) is 0 Å². The lowest BCUT2D eigenvalue weighted by Gasteiger charge is -1.86. The van der Waals surface area contributed by atoms with Crippen LogP contribution in [0.3, 0.4) is 0 Å². The third-order valence-corrected chi connectivity index (χ3v) is 3.11. The SMILES string of the molecule is O=c1nc(-c2cccs2)c2c(=O)ncc1=2. The highest BCUT2D eigenvalue weighted by molar-refractivity contribution is 7.13. The first-order valence-corrected chi connectivity index (χ1v) is 5.15. The summed E-state index contributed by atoms with van der Waals surface area (Å²) in [6.07, 6.45) is 1.30. The first kappa shape index (κ1) is 8.43. The van der Waals surface area contributed by atoms with Crippen LogP contribution in [0.2, 0.25) is 0 Å². The molecule has 0 fully saturated rings. The summed E-state index contributed by atoms with van der Waals surface area (Å²) in [5.74, 6) is 0. The van der Waals surface area contributed by atoms with Crippen LogP contribution in [0, 0.1) is 10.4 Å². The third kappa shape index (κ3) is 1.07. The summed E-state index contributed by atoms with van der Waals surface area (Å²) in [5.41, 5.74) is -0.279. The van der Waals surface area contributed by atoms with Crippen LogP contribution in [-0.2, 0) is 0 Å². The average molecular weight is 216 g/mol. The quantitative estimate of drug-likeness (QED) is 0.595. The van der Waals surface area contributed by atoms with Crippen LogP contribution < -0.4 is 11.1 Å². The standard InChI is InChI=1S/C10H4N2O2S/c13-9-5-4-11-10(14)7(5)8(12-9)6-2-1-3-15-6/h1-4H. The number of nitrogens with zero attached hydrogens (tertiary/aromatic N) is 2. The molecule has 2 aliphatic rings. The van der Waals surface area contributed by atoms with Gasteiger partial charge in [-0.25, -0.2) is 9.97 Å². The minimum Gasteiger partial charge on any atom is -0.267 e. The first-order chi connectivity index (χ1) is 7.27. The van der Waals surface area contributed by atoms with Gasteiger partial charge in [-0.05, 0) is 11.4 Å².